The number of amides is 3. The molecule has 0 heterocycles. The Balaban J connectivity index is 1.23. The van der Waals surface area contributed by atoms with Gasteiger partial charge in [-0.2, -0.15) is 0 Å². The molecule has 5 rings (SSSR count). The topological polar surface area (TPSA) is 134 Å². The first-order valence-corrected chi connectivity index (χ1v) is 16.2. The minimum Gasteiger partial charge on any atom is -0.489 e. The van der Waals surface area contributed by atoms with E-state index < -0.39 is 23.0 Å². The maximum Gasteiger partial charge on any atom is 0.335 e. The molecule has 0 radical (unpaired) electrons. The number of rotatable bonds is 13. The molecule has 1 atom stereocenters. The highest BCUT2D eigenvalue weighted by Crippen LogP contribution is 2.26. The Bertz CT molecular complexity index is 1930. The molecule has 0 spiro atoms. The zero-order chi connectivity index (χ0) is 34.6. The van der Waals surface area contributed by atoms with Crippen LogP contribution >= 0.6 is 11.8 Å². The van der Waals surface area contributed by atoms with Crippen LogP contribution in [-0.4, -0.2) is 34.0 Å². The summed E-state index contributed by atoms with van der Waals surface area (Å²) >= 11 is 1.33. The predicted octanol–water partition coefficient (Wildman–Crippen LogP) is 7.49. The van der Waals surface area contributed by atoms with Gasteiger partial charge in [0.2, 0.25) is 5.91 Å². The van der Waals surface area contributed by atoms with E-state index in [2.05, 4.69) is 16.0 Å². The highest BCUT2D eigenvalue weighted by Gasteiger charge is 2.17. The van der Waals surface area contributed by atoms with E-state index in [0.717, 1.165) is 10.5 Å². The highest BCUT2D eigenvalue weighted by molar-refractivity contribution is 8.00. The molecule has 0 saturated heterocycles. The van der Waals surface area contributed by atoms with Crippen molar-refractivity contribution in [2.45, 2.75) is 23.7 Å². The van der Waals surface area contributed by atoms with Crippen LogP contribution < -0.4 is 20.7 Å². The number of thioether (sulfide) groups is 1. The number of carboxylic acids is 1. The van der Waals surface area contributed by atoms with E-state index in [-0.39, 0.29) is 17.2 Å². The fraction of sp³-hybridized carbons (Fsp3) is 0.0769. The van der Waals surface area contributed by atoms with Crippen LogP contribution in [0.25, 0.3) is 6.08 Å². The second-order valence-electron chi connectivity index (χ2n) is 10.8. The molecule has 4 N–H and O–H groups in total. The molecule has 3 amide bonds. The van der Waals surface area contributed by atoms with Crippen molar-refractivity contribution in [3.8, 4) is 5.75 Å². The summed E-state index contributed by atoms with van der Waals surface area (Å²) in [6.07, 6.45) is 1.59. The van der Waals surface area contributed by atoms with E-state index in [4.69, 9.17) is 9.84 Å². The van der Waals surface area contributed by atoms with Crippen LogP contribution in [0, 0.1) is 0 Å². The number of aromatic carboxylic acids is 1. The molecule has 49 heavy (non-hydrogen) atoms. The van der Waals surface area contributed by atoms with Gasteiger partial charge in [0.1, 0.15) is 18.1 Å². The largest absolute Gasteiger partial charge is 0.489 e. The van der Waals surface area contributed by atoms with E-state index in [1.807, 2.05) is 30.3 Å². The number of anilines is 2. The molecule has 0 aliphatic rings. The van der Waals surface area contributed by atoms with Crippen molar-refractivity contribution in [1.29, 1.82) is 0 Å². The average molecular weight is 672 g/mol. The fourth-order valence-corrected chi connectivity index (χ4v) is 5.39. The second-order valence-corrected chi connectivity index (χ2v) is 12.2. The molecule has 5 aromatic carbocycles. The third-order valence-electron chi connectivity index (χ3n) is 7.16. The van der Waals surface area contributed by atoms with E-state index in [1.54, 1.807) is 91.9 Å². The van der Waals surface area contributed by atoms with Crippen molar-refractivity contribution in [3.63, 3.8) is 0 Å². The van der Waals surface area contributed by atoms with Crippen molar-refractivity contribution in [3.05, 3.63) is 161 Å². The SMILES string of the molecule is CC(Sc1ccc(NC(=O)/C(=C/c2ccc(OCc3ccccc3)cc2)NC(=O)c2ccccc2)cc1)C(=O)Nc1ccc(C(=O)O)cc1. The Morgan fingerprint density at radius 1 is 0.714 bits per heavy atom. The molecular formula is C39H33N3O6S. The van der Waals surface area contributed by atoms with Crippen LogP contribution in [0.4, 0.5) is 11.4 Å². The summed E-state index contributed by atoms with van der Waals surface area (Å²) in [6, 6.07) is 38.6. The molecule has 0 fully saturated rings. The molecule has 5 aromatic rings. The van der Waals surface area contributed by atoms with Gasteiger partial charge < -0.3 is 25.8 Å². The molecule has 0 saturated carbocycles. The van der Waals surface area contributed by atoms with Gasteiger partial charge in [0.15, 0.2) is 0 Å². The van der Waals surface area contributed by atoms with Gasteiger partial charge in [-0.1, -0.05) is 60.7 Å². The summed E-state index contributed by atoms with van der Waals surface area (Å²) in [5.74, 6) is -1.57. The van der Waals surface area contributed by atoms with E-state index in [1.165, 1.54) is 36.0 Å². The lowest BCUT2D eigenvalue weighted by molar-refractivity contribution is -0.115. The van der Waals surface area contributed by atoms with E-state index >= 15 is 0 Å². The van der Waals surface area contributed by atoms with Crippen LogP contribution in [0.3, 0.4) is 0 Å². The van der Waals surface area contributed by atoms with Crippen LogP contribution in [-0.2, 0) is 16.2 Å². The Kier molecular flexibility index (Phi) is 11.6. The zero-order valence-corrected chi connectivity index (χ0v) is 27.3. The summed E-state index contributed by atoms with van der Waals surface area (Å²) in [4.78, 5) is 51.1. The van der Waals surface area contributed by atoms with Crippen molar-refractivity contribution in [1.82, 2.24) is 5.32 Å². The molecule has 1 unspecified atom stereocenters. The van der Waals surface area contributed by atoms with E-state index in [0.29, 0.717) is 34.9 Å². The summed E-state index contributed by atoms with van der Waals surface area (Å²) in [5, 5.41) is 17.0. The number of nitrogens with one attached hydrogen (secondary N) is 3. The molecule has 0 aliphatic heterocycles. The fourth-order valence-electron chi connectivity index (χ4n) is 4.52. The van der Waals surface area contributed by atoms with Gasteiger partial charge in [-0.05, 0) is 96.9 Å². The highest BCUT2D eigenvalue weighted by atomic mass is 32.2. The average Bonchev–Trinajstić information content (AvgIpc) is 3.12. The Hall–Kier alpha value is -6.13. The Labute approximate surface area is 288 Å². The summed E-state index contributed by atoms with van der Waals surface area (Å²) in [6.45, 7) is 2.18. The molecule has 0 bridgehead atoms. The standard InChI is InChI=1S/C39H33N3O6S/c1-26(36(43)40-31-16-14-30(15-17-31)39(46)47)49-34-22-18-32(19-23-34)41-38(45)35(42-37(44)29-10-6-3-7-11-29)24-27-12-20-33(21-13-27)48-25-28-8-4-2-5-9-28/h2-24,26H,25H2,1H3,(H,40,43)(H,41,45)(H,42,44)(H,46,47)/b35-24-. The third kappa shape index (κ3) is 10.2. The number of carboxylic acid groups (broad SMARTS) is 1. The van der Waals surface area contributed by atoms with Gasteiger partial charge in [-0.15, -0.1) is 11.8 Å². The first kappa shape index (κ1) is 34.2. The van der Waals surface area contributed by atoms with Crippen LogP contribution in [0.1, 0.15) is 38.8 Å². The van der Waals surface area contributed by atoms with Crippen molar-refractivity contribution in [2.75, 3.05) is 10.6 Å². The van der Waals surface area contributed by atoms with Crippen molar-refractivity contribution >= 4 is 52.9 Å². The molecule has 0 aromatic heterocycles. The van der Waals surface area contributed by atoms with Gasteiger partial charge in [-0.25, -0.2) is 4.79 Å². The van der Waals surface area contributed by atoms with E-state index in [9.17, 15) is 19.2 Å². The lowest BCUT2D eigenvalue weighted by Crippen LogP contribution is -2.30. The van der Waals surface area contributed by atoms with Gasteiger partial charge in [-0.3, -0.25) is 14.4 Å². The molecule has 246 valence electrons. The predicted molar refractivity (Wildman–Crippen MR) is 192 cm³/mol. The lowest BCUT2D eigenvalue weighted by Gasteiger charge is -2.14. The molecule has 0 aliphatic carbocycles. The monoisotopic (exact) mass is 671 g/mol. The number of hydrogen-bond donors (Lipinski definition) is 4. The minimum atomic E-state index is -1.04. The number of benzene rings is 5. The first-order valence-electron chi connectivity index (χ1n) is 15.3. The van der Waals surface area contributed by atoms with Gasteiger partial charge in [0.25, 0.3) is 11.8 Å². The first-order chi connectivity index (χ1) is 23.7. The van der Waals surface area contributed by atoms with Gasteiger partial charge in [0.05, 0.1) is 10.8 Å². The minimum absolute atomic E-state index is 0.0481. The summed E-state index contributed by atoms with van der Waals surface area (Å²) in [5.41, 5.74) is 3.30. The number of carbonyl (C=O) groups excluding carboxylic acids is 3. The Morgan fingerprint density at radius 2 is 1.31 bits per heavy atom. The maximum absolute atomic E-state index is 13.5. The number of carbonyl (C=O) groups is 4. The van der Waals surface area contributed by atoms with Crippen molar-refractivity contribution < 1.29 is 29.0 Å². The van der Waals surface area contributed by atoms with Crippen molar-refractivity contribution in [2.24, 2.45) is 0 Å². The summed E-state index contributed by atoms with van der Waals surface area (Å²) < 4.78 is 5.87. The van der Waals surface area contributed by atoms with Crippen LogP contribution in [0.5, 0.6) is 5.75 Å². The van der Waals surface area contributed by atoms with Crippen LogP contribution in [0.15, 0.2) is 144 Å². The third-order valence-corrected chi connectivity index (χ3v) is 8.27. The second kappa shape index (κ2) is 16.6. The number of hydrogen-bond acceptors (Lipinski definition) is 6. The quantitative estimate of drug-likeness (QED) is 0.0753. The Morgan fingerprint density at radius 3 is 1.94 bits per heavy atom. The summed E-state index contributed by atoms with van der Waals surface area (Å²) in [7, 11) is 0. The van der Waals surface area contributed by atoms with Gasteiger partial charge in [0, 0.05) is 21.8 Å². The maximum atomic E-state index is 13.5. The van der Waals surface area contributed by atoms with Gasteiger partial charge >= 0.3 is 5.97 Å². The zero-order valence-electron chi connectivity index (χ0n) is 26.5. The lowest BCUT2D eigenvalue weighted by atomic mass is 10.1. The van der Waals surface area contributed by atoms with Crippen LogP contribution in [0.2, 0.25) is 0 Å². The molecule has 10 heteroatoms. The normalized spacial score (nSPS) is 11.6. The number of ether oxygens (including phenoxy) is 1. The molecule has 9 nitrogen and oxygen atoms in total. The molecular weight excluding hydrogens is 639 g/mol. The smallest absolute Gasteiger partial charge is 0.335 e.